The third kappa shape index (κ3) is 2.41. The molecule has 2 atom stereocenters. The Balaban J connectivity index is 0.00000132. The van der Waals surface area contributed by atoms with Crippen LogP contribution in [0.3, 0.4) is 0 Å². The van der Waals surface area contributed by atoms with Crippen molar-refractivity contribution in [3.63, 3.8) is 0 Å². The number of benzene rings is 2. The first kappa shape index (κ1) is 14.4. The van der Waals surface area contributed by atoms with Gasteiger partial charge >= 0.3 is 0 Å². The van der Waals surface area contributed by atoms with Crippen molar-refractivity contribution >= 4 is 29.1 Å². The lowest BCUT2D eigenvalue weighted by Gasteiger charge is -2.18. The van der Waals surface area contributed by atoms with Crippen LogP contribution in [0.2, 0.25) is 0 Å². The van der Waals surface area contributed by atoms with E-state index < -0.39 is 0 Å². The maximum atomic E-state index is 12.8. The predicted molar refractivity (Wildman–Crippen MR) is 86.9 cm³/mol. The van der Waals surface area contributed by atoms with Gasteiger partial charge in [-0.2, -0.15) is 0 Å². The molecule has 0 aromatic heterocycles. The maximum Gasteiger partial charge on any atom is 0.254 e. The molecule has 0 radical (unpaired) electrons. The number of nitrogens with one attached hydrogen (secondary N) is 1. The molecule has 4 heteroatoms. The van der Waals surface area contributed by atoms with Gasteiger partial charge in [0.1, 0.15) is 0 Å². The number of likely N-dealkylation sites (tertiary alicyclic amines) is 1. The summed E-state index contributed by atoms with van der Waals surface area (Å²) in [6.45, 7) is 3.92. The molecule has 0 aliphatic carbocycles. The minimum absolute atomic E-state index is 0. The van der Waals surface area contributed by atoms with Gasteiger partial charge in [0.15, 0.2) is 0 Å². The highest BCUT2D eigenvalue weighted by atomic mass is 35.5. The van der Waals surface area contributed by atoms with Gasteiger partial charge in [-0.05, 0) is 28.7 Å². The molecule has 3 nitrogen and oxygen atoms in total. The first-order valence-corrected chi connectivity index (χ1v) is 7.30. The van der Waals surface area contributed by atoms with E-state index in [-0.39, 0.29) is 18.3 Å². The zero-order valence-corrected chi connectivity index (χ0v) is 12.6. The number of carbonyl (C=O) groups is 1. The predicted octanol–water partition coefficient (Wildman–Crippen LogP) is 2.55. The van der Waals surface area contributed by atoms with Crippen LogP contribution in [-0.4, -0.2) is 37.0 Å². The van der Waals surface area contributed by atoms with Crippen molar-refractivity contribution in [2.75, 3.05) is 26.2 Å². The summed E-state index contributed by atoms with van der Waals surface area (Å²) in [5.41, 5.74) is 0.844. The first-order valence-electron chi connectivity index (χ1n) is 7.30. The number of halogens is 1. The van der Waals surface area contributed by atoms with E-state index in [0.29, 0.717) is 11.8 Å². The molecule has 4 rings (SSSR count). The molecule has 2 heterocycles. The van der Waals surface area contributed by atoms with Gasteiger partial charge in [0, 0.05) is 31.7 Å². The Morgan fingerprint density at radius 2 is 1.67 bits per heavy atom. The van der Waals surface area contributed by atoms with Crippen LogP contribution in [0.1, 0.15) is 10.4 Å². The summed E-state index contributed by atoms with van der Waals surface area (Å²) in [7, 11) is 0. The molecule has 21 heavy (non-hydrogen) atoms. The van der Waals surface area contributed by atoms with E-state index in [2.05, 4.69) is 17.4 Å². The van der Waals surface area contributed by atoms with Gasteiger partial charge in [-0.3, -0.25) is 4.79 Å². The SMILES string of the molecule is Cl.O=C(c1cccc2ccccc12)N1C[C@H]2CNC[C@H]2C1. The molecule has 2 aliphatic heterocycles. The number of hydrogen-bond donors (Lipinski definition) is 1. The Hall–Kier alpha value is -1.58. The molecular formula is C17H19ClN2O. The normalized spacial score (nSPS) is 23.9. The summed E-state index contributed by atoms with van der Waals surface area (Å²) < 4.78 is 0. The van der Waals surface area contributed by atoms with Crippen molar-refractivity contribution in [1.29, 1.82) is 0 Å². The van der Waals surface area contributed by atoms with Crippen molar-refractivity contribution < 1.29 is 4.79 Å². The number of fused-ring (bicyclic) bond motifs is 2. The topological polar surface area (TPSA) is 32.3 Å². The number of rotatable bonds is 1. The second-order valence-corrected chi connectivity index (χ2v) is 5.92. The number of amides is 1. The Labute approximate surface area is 130 Å². The van der Waals surface area contributed by atoms with E-state index in [4.69, 9.17) is 0 Å². The van der Waals surface area contributed by atoms with Crippen molar-refractivity contribution in [3.8, 4) is 0 Å². The van der Waals surface area contributed by atoms with Gasteiger partial charge in [-0.25, -0.2) is 0 Å². The smallest absolute Gasteiger partial charge is 0.254 e. The summed E-state index contributed by atoms with van der Waals surface area (Å²) >= 11 is 0. The first-order chi connectivity index (χ1) is 9.83. The van der Waals surface area contributed by atoms with Gasteiger partial charge in [-0.15, -0.1) is 12.4 Å². The molecule has 2 fully saturated rings. The molecule has 0 unspecified atom stereocenters. The molecule has 2 saturated heterocycles. The average molecular weight is 303 g/mol. The molecule has 1 N–H and O–H groups in total. The monoisotopic (exact) mass is 302 g/mol. The van der Waals surface area contributed by atoms with Gasteiger partial charge in [0.05, 0.1) is 0 Å². The third-order valence-corrected chi connectivity index (χ3v) is 4.70. The van der Waals surface area contributed by atoms with Crippen molar-refractivity contribution in [3.05, 3.63) is 48.0 Å². The zero-order valence-electron chi connectivity index (χ0n) is 11.8. The highest BCUT2D eigenvalue weighted by molar-refractivity contribution is 6.07. The lowest BCUT2D eigenvalue weighted by Crippen LogP contribution is -2.31. The standard InChI is InChI=1S/C17H18N2O.ClH/c20-17(19-10-13-8-18-9-14(13)11-19)16-7-3-5-12-4-1-2-6-15(12)16;/h1-7,13-14,18H,8-11H2;1H/t13-,14+;. The van der Waals surface area contributed by atoms with Crippen LogP contribution < -0.4 is 5.32 Å². The molecular weight excluding hydrogens is 284 g/mol. The fraction of sp³-hybridized carbons (Fsp3) is 0.353. The van der Waals surface area contributed by atoms with Crippen molar-refractivity contribution in [2.24, 2.45) is 11.8 Å². The Bertz CT molecular complexity index is 655. The molecule has 2 aromatic rings. The average Bonchev–Trinajstić information content (AvgIpc) is 3.07. The summed E-state index contributed by atoms with van der Waals surface area (Å²) in [4.78, 5) is 14.8. The quantitative estimate of drug-likeness (QED) is 0.878. The van der Waals surface area contributed by atoms with Gasteiger partial charge in [0.25, 0.3) is 5.91 Å². The van der Waals surface area contributed by atoms with Crippen LogP contribution in [0, 0.1) is 11.8 Å². The van der Waals surface area contributed by atoms with E-state index in [1.165, 1.54) is 0 Å². The molecule has 2 aromatic carbocycles. The van der Waals surface area contributed by atoms with Crippen molar-refractivity contribution in [1.82, 2.24) is 10.2 Å². The van der Waals surface area contributed by atoms with Gasteiger partial charge in [0.2, 0.25) is 0 Å². The number of hydrogen-bond acceptors (Lipinski definition) is 2. The highest BCUT2D eigenvalue weighted by Gasteiger charge is 2.38. The van der Waals surface area contributed by atoms with Crippen LogP contribution in [-0.2, 0) is 0 Å². The largest absolute Gasteiger partial charge is 0.338 e. The minimum Gasteiger partial charge on any atom is -0.338 e. The van der Waals surface area contributed by atoms with E-state index in [1.54, 1.807) is 0 Å². The molecule has 110 valence electrons. The third-order valence-electron chi connectivity index (χ3n) is 4.70. The maximum absolute atomic E-state index is 12.8. The van der Waals surface area contributed by atoms with Crippen LogP contribution in [0.15, 0.2) is 42.5 Å². The van der Waals surface area contributed by atoms with Gasteiger partial charge < -0.3 is 10.2 Å². The lowest BCUT2D eigenvalue weighted by molar-refractivity contribution is 0.0783. The highest BCUT2D eigenvalue weighted by Crippen LogP contribution is 2.29. The van der Waals surface area contributed by atoms with Crippen LogP contribution in [0.4, 0.5) is 0 Å². The number of carbonyl (C=O) groups excluding carboxylic acids is 1. The molecule has 1 amide bonds. The number of nitrogens with zero attached hydrogens (tertiary/aromatic N) is 1. The van der Waals surface area contributed by atoms with E-state index in [0.717, 1.165) is 42.5 Å². The molecule has 2 aliphatic rings. The van der Waals surface area contributed by atoms with Crippen LogP contribution >= 0.6 is 12.4 Å². The fourth-order valence-corrected chi connectivity index (χ4v) is 3.60. The Kier molecular flexibility index (Phi) is 3.87. The lowest BCUT2D eigenvalue weighted by atomic mass is 10.0. The molecule has 0 bridgehead atoms. The summed E-state index contributed by atoms with van der Waals surface area (Å²) in [5.74, 6) is 1.49. The molecule has 0 spiro atoms. The van der Waals surface area contributed by atoms with Gasteiger partial charge in [-0.1, -0.05) is 36.4 Å². The summed E-state index contributed by atoms with van der Waals surface area (Å²) in [5, 5.41) is 5.62. The second kappa shape index (κ2) is 5.66. The fourth-order valence-electron chi connectivity index (χ4n) is 3.60. The zero-order chi connectivity index (χ0) is 13.5. The second-order valence-electron chi connectivity index (χ2n) is 5.92. The summed E-state index contributed by atoms with van der Waals surface area (Å²) in [6, 6.07) is 14.1. The van der Waals surface area contributed by atoms with Crippen LogP contribution in [0.5, 0.6) is 0 Å². The summed E-state index contributed by atoms with van der Waals surface area (Å²) in [6.07, 6.45) is 0. The Morgan fingerprint density at radius 3 is 2.43 bits per heavy atom. The van der Waals surface area contributed by atoms with Crippen LogP contribution in [0.25, 0.3) is 10.8 Å². The van der Waals surface area contributed by atoms with E-state index in [9.17, 15) is 4.79 Å². The Morgan fingerprint density at radius 1 is 1.00 bits per heavy atom. The minimum atomic E-state index is 0. The van der Waals surface area contributed by atoms with Crippen molar-refractivity contribution in [2.45, 2.75) is 0 Å². The van der Waals surface area contributed by atoms with E-state index >= 15 is 0 Å². The molecule has 0 saturated carbocycles. The van der Waals surface area contributed by atoms with E-state index in [1.807, 2.05) is 35.2 Å².